The van der Waals surface area contributed by atoms with Crippen molar-refractivity contribution in [3.05, 3.63) is 34.3 Å². The first kappa shape index (κ1) is 16.9. The number of carbonyl (C=O) groups is 3. The first-order valence-corrected chi connectivity index (χ1v) is 8.13. The summed E-state index contributed by atoms with van der Waals surface area (Å²) in [6.45, 7) is 3.55. The van der Waals surface area contributed by atoms with Crippen molar-refractivity contribution in [2.45, 2.75) is 19.8 Å². The van der Waals surface area contributed by atoms with E-state index in [4.69, 9.17) is 4.42 Å². The smallest absolute Gasteiger partial charge is 0.408 e. The Labute approximate surface area is 143 Å². The van der Waals surface area contributed by atoms with E-state index in [-0.39, 0.29) is 30.4 Å². The highest BCUT2D eigenvalue weighted by Crippen LogP contribution is 2.15. The van der Waals surface area contributed by atoms with Crippen LogP contribution in [0.2, 0.25) is 0 Å². The summed E-state index contributed by atoms with van der Waals surface area (Å²) in [6.07, 6.45) is 0.208. The molecule has 0 unspecified atom stereocenters. The minimum absolute atomic E-state index is 0.00840. The number of hydrogen-bond acceptors (Lipinski definition) is 5. The molecule has 8 heteroatoms. The maximum Gasteiger partial charge on any atom is 0.417 e. The van der Waals surface area contributed by atoms with Crippen LogP contribution in [0.15, 0.2) is 27.4 Å². The molecule has 1 aliphatic heterocycles. The number of H-pyrrole nitrogens is 1. The number of ketones is 1. The molecule has 0 bridgehead atoms. The Bertz CT molecular complexity index is 874. The van der Waals surface area contributed by atoms with Crippen molar-refractivity contribution >= 4 is 28.7 Å². The van der Waals surface area contributed by atoms with Gasteiger partial charge in [-0.15, -0.1) is 0 Å². The van der Waals surface area contributed by atoms with Crippen LogP contribution in [-0.2, 0) is 9.59 Å². The zero-order valence-corrected chi connectivity index (χ0v) is 13.9. The van der Waals surface area contributed by atoms with Gasteiger partial charge in [-0.05, 0) is 18.2 Å². The highest BCUT2D eigenvalue weighted by Gasteiger charge is 2.22. The topological polar surface area (TPSA) is 104 Å². The van der Waals surface area contributed by atoms with Gasteiger partial charge in [0.15, 0.2) is 11.4 Å². The molecule has 0 atom stereocenters. The van der Waals surface area contributed by atoms with E-state index in [1.165, 1.54) is 13.0 Å². The molecule has 2 heterocycles. The van der Waals surface area contributed by atoms with Crippen molar-refractivity contribution in [1.82, 2.24) is 14.8 Å². The van der Waals surface area contributed by atoms with Crippen molar-refractivity contribution in [1.29, 1.82) is 0 Å². The summed E-state index contributed by atoms with van der Waals surface area (Å²) in [5, 5.41) is 0. The molecule has 8 nitrogen and oxygen atoms in total. The van der Waals surface area contributed by atoms with Gasteiger partial charge in [0.05, 0.1) is 5.52 Å². The van der Waals surface area contributed by atoms with E-state index in [1.54, 1.807) is 21.9 Å². The molecule has 1 aliphatic rings. The second-order valence-electron chi connectivity index (χ2n) is 6.04. The summed E-state index contributed by atoms with van der Waals surface area (Å²) >= 11 is 0. The van der Waals surface area contributed by atoms with Crippen molar-refractivity contribution in [3.8, 4) is 0 Å². The van der Waals surface area contributed by atoms with Crippen LogP contribution in [0.1, 0.15) is 30.1 Å². The Morgan fingerprint density at radius 3 is 2.44 bits per heavy atom. The fourth-order valence-corrected chi connectivity index (χ4v) is 2.91. The van der Waals surface area contributed by atoms with E-state index in [9.17, 15) is 19.2 Å². The van der Waals surface area contributed by atoms with Gasteiger partial charge in [0.2, 0.25) is 11.8 Å². The molecule has 132 valence electrons. The third kappa shape index (κ3) is 3.78. The molecule has 2 amide bonds. The van der Waals surface area contributed by atoms with Gasteiger partial charge in [0.25, 0.3) is 0 Å². The molecule has 2 aromatic rings. The Kier molecular flexibility index (Phi) is 4.69. The van der Waals surface area contributed by atoms with Gasteiger partial charge >= 0.3 is 5.76 Å². The lowest BCUT2D eigenvalue weighted by molar-refractivity contribution is -0.138. The van der Waals surface area contributed by atoms with Crippen molar-refractivity contribution in [2.24, 2.45) is 0 Å². The van der Waals surface area contributed by atoms with Crippen molar-refractivity contribution < 1.29 is 18.8 Å². The number of benzene rings is 1. The van der Waals surface area contributed by atoms with Crippen LogP contribution in [0, 0.1) is 0 Å². The number of nitrogens with one attached hydrogen (secondary N) is 1. The van der Waals surface area contributed by atoms with E-state index in [0.29, 0.717) is 42.8 Å². The molecule has 0 radical (unpaired) electrons. The van der Waals surface area contributed by atoms with Gasteiger partial charge < -0.3 is 14.2 Å². The number of nitrogens with zero attached hydrogens (tertiary/aromatic N) is 2. The quantitative estimate of drug-likeness (QED) is 0.825. The third-order valence-corrected chi connectivity index (χ3v) is 4.39. The highest BCUT2D eigenvalue weighted by molar-refractivity contribution is 6.00. The fourth-order valence-electron chi connectivity index (χ4n) is 2.91. The molecule has 0 saturated carbocycles. The predicted octanol–water partition coefficient (Wildman–Crippen LogP) is 0.775. The third-order valence-electron chi connectivity index (χ3n) is 4.39. The van der Waals surface area contributed by atoms with E-state index in [2.05, 4.69) is 4.98 Å². The van der Waals surface area contributed by atoms with Crippen LogP contribution in [-0.4, -0.2) is 58.6 Å². The van der Waals surface area contributed by atoms with Gasteiger partial charge in [-0.1, -0.05) is 0 Å². The number of piperazine rings is 1. The number of carbonyl (C=O) groups excluding carboxylic acids is 3. The molecule has 3 rings (SSSR count). The molecular weight excluding hydrogens is 326 g/mol. The van der Waals surface area contributed by atoms with E-state index in [0.717, 1.165) is 0 Å². The summed E-state index contributed by atoms with van der Waals surface area (Å²) < 4.78 is 4.94. The number of Topliss-reactive ketones (excluding diaryl/α,β-unsaturated/α-hetero) is 1. The van der Waals surface area contributed by atoms with Crippen LogP contribution < -0.4 is 5.76 Å². The van der Waals surface area contributed by atoms with Gasteiger partial charge in [0, 0.05) is 51.5 Å². The number of aromatic nitrogens is 1. The summed E-state index contributed by atoms with van der Waals surface area (Å²) in [5.41, 5.74) is 1.26. The number of rotatable bonds is 4. The zero-order chi connectivity index (χ0) is 18.0. The molecule has 25 heavy (non-hydrogen) atoms. The molecule has 1 aromatic heterocycles. The first-order valence-electron chi connectivity index (χ1n) is 8.13. The minimum Gasteiger partial charge on any atom is -0.408 e. The van der Waals surface area contributed by atoms with E-state index >= 15 is 0 Å². The van der Waals surface area contributed by atoms with Crippen LogP contribution >= 0.6 is 0 Å². The lowest BCUT2D eigenvalue weighted by Gasteiger charge is -2.34. The molecule has 1 aromatic carbocycles. The largest absolute Gasteiger partial charge is 0.417 e. The molecular formula is C17H19N3O5. The molecule has 1 N–H and O–H groups in total. The number of aromatic amines is 1. The van der Waals surface area contributed by atoms with Gasteiger partial charge in [0.1, 0.15) is 0 Å². The highest BCUT2D eigenvalue weighted by atomic mass is 16.4. The Morgan fingerprint density at radius 1 is 1.08 bits per heavy atom. The summed E-state index contributed by atoms with van der Waals surface area (Å²) in [7, 11) is 0. The zero-order valence-electron chi connectivity index (χ0n) is 13.9. The number of oxazole rings is 1. The number of hydrogen-bond donors (Lipinski definition) is 1. The molecule has 1 saturated heterocycles. The Hall–Kier alpha value is -2.90. The fraction of sp³-hybridized carbons (Fsp3) is 0.412. The Morgan fingerprint density at radius 2 is 1.76 bits per heavy atom. The average molecular weight is 345 g/mol. The minimum atomic E-state index is -0.570. The number of amides is 2. The lowest BCUT2D eigenvalue weighted by atomic mass is 10.1. The van der Waals surface area contributed by atoms with Gasteiger partial charge in [-0.25, -0.2) is 4.79 Å². The maximum absolute atomic E-state index is 12.3. The van der Waals surface area contributed by atoms with Crippen LogP contribution in [0.4, 0.5) is 0 Å². The van der Waals surface area contributed by atoms with Crippen molar-refractivity contribution in [3.63, 3.8) is 0 Å². The SMILES string of the molecule is CC(=O)N1CCN(C(=O)CCC(=O)c2ccc3[nH]c(=O)oc3c2)CC1. The standard InChI is InChI=1S/C17H19N3O5/c1-11(21)19-6-8-20(9-7-19)16(23)5-4-14(22)12-2-3-13-15(10-12)25-17(24)18-13/h2-3,10H,4-9H2,1H3,(H,18,24). The number of fused-ring (bicyclic) bond motifs is 1. The normalized spacial score (nSPS) is 14.8. The van der Waals surface area contributed by atoms with E-state index in [1.807, 2.05) is 0 Å². The van der Waals surface area contributed by atoms with Gasteiger partial charge in [-0.2, -0.15) is 0 Å². The van der Waals surface area contributed by atoms with Crippen LogP contribution in [0.25, 0.3) is 11.1 Å². The van der Waals surface area contributed by atoms with E-state index < -0.39 is 5.76 Å². The van der Waals surface area contributed by atoms with Crippen LogP contribution in [0.3, 0.4) is 0 Å². The van der Waals surface area contributed by atoms with Gasteiger partial charge in [-0.3, -0.25) is 19.4 Å². The molecule has 0 spiro atoms. The average Bonchev–Trinajstić information content (AvgIpc) is 2.98. The monoisotopic (exact) mass is 345 g/mol. The second-order valence-corrected chi connectivity index (χ2v) is 6.04. The first-order chi connectivity index (χ1) is 11.9. The Balaban J connectivity index is 1.55. The molecule has 0 aliphatic carbocycles. The predicted molar refractivity (Wildman–Crippen MR) is 89.2 cm³/mol. The summed E-state index contributed by atoms with van der Waals surface area (Å²) in [6, 6.07) is 4.72. The maximum atomic E-state index is 12.3. The second kappa shape index (κ2) is 6.92. The van der Waals surface area contributed by atoms with Crippen molar-refractivity contribution in [2.75, 3.05) is 26.2 Å². The summed E-state index contributed by atoms with van der Waals surface area (Å²) in [4.78, 5) is 52.8. The lowest BCUT2D eigenvalue weighted by Crippen LogP contribution is -2.50. The van der Waals surface area contributed by atoms with Crippen LogP contribution in [0.5, 0.6) is 0 Å². The molecule has 1 fully saturated rings. The summed E-state index contributed by atoms with van der Waals surface area (Å²) in [5.74, 6) is -0.833.